The molecule has 0 radical (unpaired) electrons. The lowest BCUT2D eigenvalue weighted by Crippen LogP contribution is -2.37. The number of rotatable bonds is 4. The summed E-state index contributed by atoms with van der Waals surface area (Å²) in [5, 5.41) is 13.0. The quantitative estimate of drug-likeness (QED) is 0.445. The second-order valence-corrected chi connectivity index (χ2v) is 7.80. The Morgan fingerprint density at radius 2 is 2.06 bits per heavy atom. The van der Waals surface area contributed by atoms with E-state index in [0.29, 0.717) is 36.1 Å². The van der Waals surface area contributed by atoms with Crippen molar-refractivity contribution in [2.24, 2.45) is 0 Å². The number of nitrogens with zero attached hydrogens (tertiary/aromatic N) is 7. The molecule has 0 aliphatic carbocycles. The maximum absolute atomic E-state index is 13.5. The molecule has 5 aromatic rings. The number of aryl methyl sites for hydroxylation is 1. The molecular weight excluding hydrogens is 430 g/mol. The fraction of sp³-hybridized carbons (Fsp3) is 0.227. The highest BCUT2D eigenvalue weighted by molar-refractivity contribution is 5.57. The Bertz CT molecular complexity index is 1460. The SMILES string of the molecule is Cc1ncccc1-c1nnc(N2CCc3[nH]cnc3[C@H]2c2cc3cccc(C(F)F)n3n2)o1. The van der Waals surface area contributed by atoms with Gasteiger partial charge in [-0.25, -0.2) is 18.3 Å². The number of H-pyrrole nitrogens is 1. The van der Waals surface area contributed by atoms with Crippen LogP contribution in [-0.2, 0) is 6.42 Å². The molecule has 0 saturated heterocycles. The maximum Gasteiger partial charge on any atom is 0.319 e. The molecule has 9 nitrogen and oxygen atoms in total. The van der Waals surface area contributed by atoms with Gasteiger partial charge in [0.1, 0.15) is 11.7 Å². The Labute approximate surface area is 186 Å². The standard InChI is InChI=1S/C22H18F2N8O/c1-12-14(5-3-8-25-12)21-28-29-22(33-21)31-9-7-15-18(27-11-26-15)19(31)16-10-13-4-2-6-17(20(23)24)32(13)30-16/h2-6,8,10-11,19-20H,7,9H2,1H3,(H,26,27)/t19-/m1/s1. The minimum Gasteiger partial charge on any atom is -0.403 e. The summed E-state index contributed by atoms with van der Waals surface area (Å²) in [6.45, 7) is 2.43. The van der Waals surface area contributed by atoms with Crippen LogP contribution in [0.1, 0.15) is 40.9 Å². The van der Waals surface area contributed by atoms with Crippen LogP contribution in [-0.4, -0.2) is 41.3 Å². The lowest BCUT2D eigenvalue weighted by molar-refractivity contribution is 0.143. The lowest BCUT2D eigenvalue weighted by Gasteiger charge is -2.32. The number of aromatic amines is 1. The van der Waals surface area contributed by atoms with E-state index in [1.54, 1.807) is 30.7 Å². The fourth-order valence-corrected chi connectivity index (χ4v) is 4.29. The average Bonchev–Trinajstić information content (AvgIpc) is 3.56. The third-order valence-corrected chi connectivity index (χ3v) is 5.86. The van der Waals surface area contributed by atoms with Crippen LogP contribution in [0.4, 0.5) is 14.8 Å². The van der Waals surface area contributed by atoms with Crippen LogP contribution < -0.4 is 4.90 Å². The topological polar surface area (TPSA) is 101 Å². The first-order chi connectivity index (χ1) is 16.1. The van der Waals surface area contributed by atoms with Gasteiger partial charge in [0, 0.05) is 30.6 Å². The van der Waals surface area contributed by atoms with Crippen molar-refractivity contribution in [3.63, 3.8) is 0 Å². The molecule has 0 fully saturated rings. The second kappa shape index (κ2) is 7.47. The predicted octanol–water partition coefficient (Wildman–Crippen LogP) is 3.90. The minimum absolute atomic E-state index is 0.171. The molecule has 0 saturated carbocycles. The highest BCUT2D eigenvalue weighted by Crippen LogP contribution is 2.37. The van der Waals surface area contributed by atoms with Gasteiger partial charge in [0.25, 0.3) is 12.3 Å². The van der Waals surface area contributed by atoms with Gasteiger partial charge in [-0.3, -0.25) is 4.98 Å². The van der Waals surface area contributed by atoms with Crippen molar-refractivity contribution in [1.29, 1.82) is 0 Å². The smallest absolute Gasteiger partial charge is 0.319 e. The fourth-order valence-electron chi connectivity index (χ4n) is 4.29. The van der Waals surface area contributed by atoms with E-state index in [1.807, 2.05) is 24.0 Å². The van der Waals surface area contributed by atoms with Crippen LogP contribution in [0.15, 0.2) is 53.3 Å². The van der Waals surface area contributed by atoms with Crippen LogP contribution in [0.3, 0.4) is 0 Å². The summed E-state index contributed by atoms with van der Waals surface area (Å²) in [7, 11) is 0. The zero-order valence-electron chi connectivity index (χ0n) is 17.5. The van der Waals surface area contributed by atoms with Gasteiger partial charge in [0.15, 0.2) is 0 Å². The Hall–Kier alpha value is -4.15. The van der Waals surface area contributed by atoms with E-state index in [1.165, 1.54) is 10.6 Å². The zero-order chi connectivity index (χ0) is 22.5. The van der Waals surface area contributed by atoms with E-state index in [9.17, 15) is 8.78 Å². The van der Waals surface area contributed by atoms with Gasteiger partial charge >= 0.3 is 6.01 Å². The second-order valence-electron chi connectivity index (χ2n) is 7.80. The number of imidazole rings is 1. The highest BCUT2D eigenvalue weighted by atomic mass is 19.3. The van der Waals surface area contributed by atoms with E-state index in [2.05, 4.69) is 30.2 Å². The van der Waals surface area contributed by atoms with E-state index in [4.69, 9.17) is 4.42 Å². The number of aromatic nitrogens is 7. The molecule has 0 unspecified atom stereocenters. The van der Waals surface area contributed by atoms with Crippen molar-refractivity contribution in [2.45, 2.75) is 25.8 Å². The van der Waals surface area contributed by atoms with Gasteiger partial charge in [-0.15, -0.1) is 5.10 Å². The number of pyridine rings is 2. The van der Waals surface area contributed by atoms with Crippen molar-refractivity contribution in [3.05, 3.63) is 77.4 Å². The molecular formula is C22H18F2N8O. The minimum atomic E-state index is -2.65. The number of alkyl halides is 2. The number of halogens is 2. The van der Waals surface area contributed by atoms with Crippen LogP contribution >= 0.6 is 0 Å². The lowest BCUT2D eigenvalue weighted by atomic mass is 10.0. The Morgan fingerprint density at radius 1 is 1.15 bits per heavy atom. The molecule has 0 bridgehead atoms. The Kier molecular flexibility index (Phi) is 4.42. The first-order valence-electron chi connectivity index (χ1n) is 10.4. The molecule has 5 aromatic heterocycles. The molecule has 33 heavy (non-hydrogen) atoms. The van der Waals surface area contributed by atoms with E-state index in [0.717, 1.165) is 22.6 Å². The normalized spacial score (nSPS) is 16.0. The van der Waals surface area contributed by atoms with Crippen molar-refractivity contribution < 1.29 is 13.2 Å². The summed E-state index contributed by atoms with van der Waals surface area (Å²) < 4.78 is 34.4. The van der Waals surface area contributed by atoms with Crippen LogP contribution in [0, 0.1) is 6.92 Å². The zero-order valence-corrected chi connectivity index (χ0v) is 17.5. The maximum atomic E-state index is 13.5. The highest BCUT2D eigenvalue weighted by Gasteiger charge is 2.36. The Balaban J connectivity index is 1.46. The molecule has 6 heterocycles. The van der Waals surface area contributed by atoms with Gasteiger partial charge in [-0.2, -0.15) is 5.10 Å². The summed E-state index contributed by atoms with van der Waals surface area (Å²) >= 11 is 0. The number of anilines is 1. The largest absolute Gasteiger partial charge is 0.403 e. The summed E-state index contributed by atoms with van der Waals surface area (Å²) in [6.07, 6.45) is 1.36. The van der Waals surface area contributed by atoms with Gasteiger partial charge in [0.05, 0.1) is 28.8 Å². The molecule has 1 aliphatic heterocycles. The average molecular weight is 448 g/mol. The van der Waals surface area contributed by atoms with Gasteiger partial charge in [0.2, 0.25) is 0 Å². The molecule has 11 heteroatoms. The molecule has 166 valence electrons. The molecule has 1 atom stereocenters. The number of nitrogens with one attached hydrogen (secondary N) is 1. The Morgan fingerprint density at radius 3 is 2.91 bits per heavy atom. The third-order valence-electron chi connectivity index (χ3n) is 5.86. The summed E-state index contributed by atoms with van der Waals surface area (Å²) in [5.41, 5.74) is 4.20. The van der Waals surface area contributed by atoms with Crippen LogP contribution in [0.25, 0.3) is 17.0 Å². The molecule has 0 aromatic carbocycles. The van der Waals surface area contributed by atoms with Gasteiger partial charge < -0.3 is 14.3 Å². The predicted molar refractivity (Wildman–Crippen MR) is 114 cm³/mol. The summed E-state index contributed by atoms with van der Waals surface area (Å²) in [5.74, 6) is 0.358. The van der Waals surface area contributed by atoms with E-state index >= 15 is 0 Å². The van der Waals surface area contributed by atoms with Crippen LogP contribution in [0.5, 0.6) is 0 Å². The van der Waals surface area contributed by atoms with Crippen molar-refractivity contribution in [3.8, 4) is 11.5 Å². The number of hydrogen-bond donors (Lipinski definition) is 1. The van der Waals surface area contributed by atoms with Crippen LogP contribution in [0.2, 0.25) is 0 Å². The van der Waals surface area contributed by atoms with Crippen molar-refractivity contribution in [2.75, 3.05) is 11.4 Å². The number of hydrogen-bond acceptors (Lipinski definition) is 7. The number of fused-ring (bicyclic) bond motifs is 2. The first kappa shape index (κ1) is 19.5. The molecule has 1 N–H and O–H groups in total. The van der Waals surface area contributed by atoms with Gasteiger partial charge in [-0.05, 0) is 37.3 Å². The summed E-state index contributed by atoms with van der Waals surface area (Å²) in [4.78, 5) is 13.9. The van der Waals surface area contributed by atoms with E-state index < -0.39 is 12.5 Å². The third kappa shape index (κ3) is 3.15. The van der Waals surface area contributed by atoms with Gasteiger partial charge in [-0.1, -0.05) is 11.2 Å². The van der Waals surface area contributed by atoms with Crippen molar-refractivity contribution in [1.82, 2.24) is 34.8 Å². The monoisotopic (exact) mass is 448 g/mol. The molecule has 0 spiro atoms. The molecule has 1 aliphatic rings. The first-order valence-corrected chi connectivity index (χ1v) is 10.4. The van der Waals surface area contributed by atoms with Crippen molar-refractivity contribution >= 4 is 11.5 Å². The van der Waals surface area contributed by atoms with E-state index in [-0.39, 0.29) is 5.69 Å². The summed E-state index contributed by atoms with van der Waals surface area (Å²) in [6, 6.07) is 10.0. The molecule has 6 rings (SSSR count). The molecule has 0 amide bonds.